The van der Waals surface area contributed by atoms with E-state index in [1.165, 1.54) is 0 Å². The highest BCUT2D eigenvalue weighted by Crippen LogP contribution is 2.35. The molecule has 1 saturated heterocycles. The van der Waals surface area contributed by atoms with E-state index < -0.39 is 11.9 Å². The van der Waals surface area contributed by atoms with Gasteiger partial charge in [0.2, 0.25) is 0 Å². The molecule has 1 aromatic heterocycles. The normalized spacial score (nSPS) is 20.8. The lowest BCUT2D eigenvalue weighted by Crippen LogP contribution is -2.43. The van der Waals surface area contributed by atoms with Gasteiger partial charge >= 0.3 is 6.18 Å². The Kier molecular flexibility index (Phi) is 6.25. The van der Waals surface area contributed by atoms with Gasteiger partial charge in [-0.15, -0.1) is 23.7 Å². The van der Waals surface area contributed by atoms with Crippen LogP contribution in [0.2, 0.25) is 0 Å². The Balaban J connectivity index is 0.00000200. The number of nitrogens with one attached hydrogen (secondary N) is 1. The van der Waals surface area contributed by atoms with Crippen LogP contribution in [0.5, 0.6) is 0 Å². The topological polar surface area (TPSA) is 28.2 Å². The van der Waals surface area contributed by atoms with Crippen molar-refractivity contribution in [3.63, 3.8) is 0 Å². The molecule has 1 aliphatic rings. The van der Waals surface area contributed by atoms with Crippen LogP contribution in [-0.2, 0) is 12.7 Å². The number of hydrogen-bond donors (Lipinski definition) is 1. The van der Waals surface area contributed by atoms with Gasteiger partial charge in [-0.25, -0.2) is 4.98 Å². The average molecular weight is 330 g/mol. The minimum absolute atomic E-state index is 0. The summed E-state index contributed by atoms with van der Waals surface area (Å²) < 4.78 is 38.6. The smallest absolute Gasteiger partial charge is 0.316 e. The summed E-state index contributed by atoms with van der Waals surface area (Å²) in [7, 11) is 1.89. The Morgan fingerprint density at radius 2 is 2.15 bits per heavy atom. The number of piperidine rings is 1. The van der Waals surface area contributed by atoms with E-state index >= 15 is 0 Å². The van der Waals surface area contributed by atoms with Crippen molar-refractivity contribution in [1.82, 2.24) is 15.2 Å². The predicted molar refractivity (Wildman–Crippen MR) is 76.5 cm³/mol. The second kappa shape index (κ2) is 7.06. The number of hydrogen-bond acceptors (Lipinski definition) is 4. The maximum Gasteiger partial charge on any atom is 0.434 e. The zero-order valence-electron chi connectivity index (χ0n) is 11.5. The van der Waals surface area contributed by atoms with Gasteiger partial charge in [0, 0.05) is 19.1 Å². The molecule has 1 fully saturated rings. The van der Waals surface area contributed by atoms with E-state index in [1.54, 1.807) is 6.92 Å². The van der Waals surface area contributed by atoms with Crippen molar-refractivity contribution in [2.75, 3.05) is 20.1 Å². The SMILES string of the molecule is CNC1CCCN(Cc2sc(C)nc2C(F)(F)F)C1.Cl. The molecule has 0 spiro atoms. The van der Waals surface area contributed by atoms with E-state index in [0.717, 1.165) is 37.3 Å². The molecule has 1 unspecified atom stereocenters. The zero-order chi connectivity index (χ0) is 14.0. The van der Waals surface area contributed by atoms with Crippen molar-refractivity contribution < 1.29 is 13.2 Å². The van der Waals surface area contributed by atoms with Crippen LogP contribution in [-0.4, -0.2) is 36.1 Å². The first-order valence-electron chi connectivity index (χ1n) is 6.33. The Bertz CT molecular complexity index is 436. The molecule has 0 amide bonds. The summed E-state index contributed by atoms with van der Waals surface area (Å²) in [6.07, 6.45) is -2.25. The molecule has 0 bridgehead atoms. The van der Waals surface area contributed by atoms with E-state index in [1.807, 2.05) is 7.05 Å². The molecule has 116 valence electrons. The van der Waals surface area contributed by atoms with E-state index in [9.17, 15) is 13.2 Å². The quantitative estimate of drug-likeness (QED) is 0.923. The molecule has 0 aromatic carbocycles. The minimum atomic E-state index is -4.35. The summed E-state index contributed by atoms with van der Waals surface area (Å²) in [5.74, 6) is 0. The van der Waals surface area contributed by atoms with Crippen LogP contribution in [0, 0.1) is 6.92 Å². The van der Waals surface area contributed by atoms with Crippen molar-refractivity contribution >= 4 is 23.7 Å². The first-order valence-corrected chi connectivity index (χ1v) is 7.15. The molecule has 0 aliphatic carbocycles. The Morgan fingerprint density at radius 1 is 1.45 bits per heavy atom. The number of likely N-dealkylation sites (tertiary alicyclic amines) is 1. The molecule has 2 heterocycles. The third-order valence-electron chi connectivity index (χ3n) is 3.35. The fraction of sp³-hybridized carbons (Fsp3) is 0.750. The van der Waals surface area contributed by atoms with Gasteiger partial charge in [0.15, 0.2) is 5.69 Å². The van der Waals surface area contributed by atoms with Crippen LogP contribution in [0.1, 0.15) is 28.4 Å². The molecule has 1 aliphatic heterocycles. The monoisotopic (exact) mass is 329 g/mol. The van der Waals surface area contributed by atoms with Gasteiger partial charge in [-0.3, -0.25) is 4.90 Å². The third kappa shape index (κ3) is 4.31. The largest absolute Gasteiger partial charge is 0.434 e. The van der Waals surface area contributed by atoms with Crippen molar-refractivity contribution in [1.29, 1.82) is 0 Å². The van der Waals surface area contributed by atoms with Crippen molar-refractivity contribution in [3.8, 4) is 0 Å². The molecular weight excluding hydrogens is 311 g/mol. The summed E-state index contributed by atoms with van der Waals surface area (Å²) in [6.45, 7) is 3.62. The number of likely N-dealkylation sites (N-methyl/N-ethyl adjacent to an activating group) is 1. The molecular formula is C12H19ClF3N3S. The fourth-order valence-electron chi connectivity index (χ4n) is 2.44. The summed E-state index contributed by atoms with van der Waals surface area (Å²) in [5, 5.41) is 3.67. The van der Waals surface area contributed by atoms with Crippen molar-refractivity contribution in [3.05, 3.63) is 15.6 Å². The molecule has 1 aromatic rings. The summed E-state index contributed by atoms with van der Waals surface area (Å²) in [4.78, 5) is 6.05. The first-order chi connectivity index (χ1) is 8.90. The van der Waals surface area contributed by atoms with Crippen LogP contribution in [0.3, 0.4) is 0 Å². The molecule has 1 N–H and O–H groups in total. The lowest BCUT2D eigenvalue weighted by Gasteiger charge is -2.32. The molecule has 1 atom stereocenters. The Labute approximate surface area is 127 Å². The van der Waals surface area contributed by atoms with Gasteiger partial charge in [-0.1, -0.05) is 0 Å². The maximum atomic E-state index is 12.9. The lowest BCUT2D eigenvalue weighted by atomic mass is 10.1. The standard InChI is InChI=1S/C12H18F3N3S.ClH/c1-8-17-11(12(13,14)15)10(19-8)7-18-5-3-4-9(6-18)16-2;/h9,16H,3-7H2,1-2H3;1H. The van der Waals surface area contributed by atoms with Gasteiger partial charge in [0.25, 0.3) is 0 Å². The average Bonchev–Trinajstić information content (AvgIpc) is 2.70. The van der Waals surface area contributed by atoms with E-state index in [4.69, 9.17) is 0 Å². The highest BCUT2D eigenvalue weighted by atomic mass is 35.5. The zero-order valence-corrected chi connectivity index (χ0v) is 13.1. The summed E-state index contributed by atoms with van der Waals surface area (Å²) in [6, 6.07) is 0.372. The number of halogens is 4. The van der Waals surface area contributed by atoms with Gasteiger partial charge in [0.1, 0.15) is 0 Å². The van der Waals surface area contributed by atoms with Crippen LogP contribution in [0.15, 0.2) is 0 Å². The number of aromatic nitrogens is 1. The van der Waals surface area contributed by atoms with Crippen LogP contribution < -0.4 is 5.32 Å². The number of rotatable bonds is 3. The Morgan fingerprint density at radius 3 is 2.75 bits per heavy atom. The van der Waals surface area contributed by atoms with Gasteiger partial charge in [0.05, 0.1) is 9.88 Å². The first kappa shape index (κ1) is 17.7. The maximum absolute atomic E-state index is 12.9. The summed E-state index contributed by atoms with van der Waals surface area (Å²) >= 11 is 1.15. The van der Waals surface area contributed by atoms with Gasteiger partial charge < -0.3 is 5.32 Å². The molecule has 0 radical (unpaired) electrons. The van der Waals surface area contributed by atoms with Crippen LogP contribution in [0.4, 0.5) is 13.2 Å². The molecule has 20 heavy (non-hydrogen) atoms. The lowest BCUT2D eigenvalue weighted by molar-refractivity contribution is -0.141. The third-order valence-corrected chi connectivity index (χ3v) is 4.31. The second-order valence-electron chi connectivity index (χ2n) is 4.87. The van der Waals surface area contributed by atoms with E-state index in [2.05, 4.69) is 15.2 Å². The highest BCUT2D eigenvalue weighted by Gasteiger charge is 2.37. The van der Waals surface area contributed by atoms with Crippen molar-refractivity contribution in [2.45, 2.75) is 38.5 Å². The van der Waals surface area contributed by atoms with Crippen LogP contribution in [0.25, 0.3) is 0 Å². The van der Waals surface area contributed by atoms with Crippen LogP contribution >= 0.6 is 23.7 Å². The molecule has 2 rings (SSSR count). The van der Waals surface area contributed by atoms with Gasteiger partial charge in [-0.05, 0) is 33.4 Å². The summed E-state index contributed by atoms with van der Waals surface area (Å²) in [5.41, 5.74) is -0.707. The number of alkyl halides is 3. The van der Waals surface area contributed by atoms with Gasteiger partial charge in [-0.2, -0.15) is 13.2 Å². The molecule has 0 saturated carbocycles. The van der Waals surface area contributed by atoms with E-state index in [0.29, 0.717) is 22.5 Å². The van der Waals surface area contributed by atoms with Crippen molar-refractivity contribution in [2.24, 2.45) is 0 Å². The fourth-order valence-corrected chi connectivity index (χ4v) is 3.43. The Hall–Kier alpha value is -0.370. The molecule has 8 heteroatoms. The minimum Gasteiger partial charge on any atom is -0.316 e. The number of nitrogens with zero attached hydrogens (tertiary/aromatic N) is 2. The van der Waals surface area contributed by atoms with E-state index in [-0.39, 0.29) is 12.4 Å². The molecule has 3 nitrogen and oxygen atoms in total. The number of aryl methyl sites for hydroxylation is 1. The second-order valence-corrected chi connectivity index (χ2v) is 6.15. The highest BCUT2D eigenvalue weighted by molar-refractivity contribution is 7.11. The predicted octanol–water partition coefficient (Wildman–Crippen LogP) is 3.08. The number of thiazole rings is 1.